The van der Waals surface area contributed by atoms with Crippen LogP contribution >= 0.6 is 27.5 Å². The second-order valence-corrected chi connectivity index (χ2v) is 9.00. The monoisotopic (exact) mass is 471 g/mol. The fraction of sp³-hybridized carbons (Fsp3) is 0.273. The highest BCUT2D eigenvalue weighted by Crippen LogP contribution is 2.48. The van der Waals surface area contributed by atoms with Crippen LogP contribution < -0.4 is 0 Å². The SMILES string of the molecule is C[C@@]12Cc3c([nH]c4ccc(Cl)cc34)[C@@H](c3ccccc3)N1C(=O)N(CCBr)C2=O. The lowest BCUT2D eigenvalue weighted by atomic mass is 9.81. The lowest BCUT2D eigenvalue weighted by molar-refractivity contribution is -0.133. The summed E-state index contributed by atoms with van der Waals surface area (Å²) >= 11 is 9.64. The van der Waals surface area contributed by atoms with Gasteiger partial charge in [0.05, 0.1) is 0 Å². The van der Waals surface area contributed by atoms with Gasteiger partial charge in [-0.15, -0.1) is 0 Å². The molecule has 5 nitrogen and oxygen atoms in total. The summed E-state index contributed by atoms with van der Waals surface area (Å²) in [5.74, 6) is -0.148. The Hall–Kier alpha value is -2.31. The number of carbonyl (C=O) groups is 2. The van der Waals surface area contributed by atoms with Crippen molar-refractivity contribution in [2.75, 3.05) is 11.9 Å². The van der Waals surface area contributed by atoms with Gasteiger partial charge in [-0.1, -0.05) is 57.9 Å². The maximum absolute atomic E-state index is 13.4. The molecule has 1 aromatic heterocycles. The average molecular weight is 473 g/mol. The number of aromatic amines is 1. The first-order valence-corrected chi connectivity index (χ1v) is 11.0. The molecule has 0 bridgehead atoms. The number of benzene rings is 2. The Kier molecular flexibility index (Phi) is 4.26. The fourth-order valence-corrected chi connectivity index (χ4v) is 5.28. The molecule has 0 aliphatic carbocycles. The van der Waals surface area contributed by atoms with E-state index in [9.17, 15) is 9.59 Å². The van der Waals surface area contributed by atoms with Gasteiger partial charge >= 0.3 is 6.03 Å². The summed E-state index contributed by atoms with van der Waals surface area (Å²) in [5, 5.41) is 2.21. The zero-order chi connectivity index (χ0) is 20.3. The van der Waals surface area contributed by atoms with Crippen LogP contribution in [0.15, 0.2) is 48.5 Å². The molecule has 7 heteroatoms. The summed E-state index contributed by atoms with van der Waals surface area (Å²) in [7, 11) is 0. The van der Waals surface area contributed by atoms with Gasteiger partial charge in [0.15, 0.2) is 0 Å². The Bertz CT molecular complexity index is 1150. The molecule has 3 amide bonds. The molecule has 148 valence electrons. The van der Waals surface area contributed by atoms with E-state index in [1.54, 1.807) is 4.90 Å². The Morgan fingerprint density at radius 3 is 2.69 bits per heavy atom. The quantitative estimate of drug-likeness (QED) is 0.436. The molecule has 1 fully saturated rings. The highest BCUT2D eigenvalue weighted by molar-refractivity contribution is 9.09. The predicted molar refractivity (Wildman–Crippen MR) is 116 cm³/mol. The molecule has 29 heavy (non-hydrogen) atoms. The van der Waals surface area contributed by atoms with E-state index in [-0.39, 0.29) is 18.0 Å². The van der Waals surface area contributed by atoms with Gasteiger partial charge in [0.25, 0.3) is 5.91 Å². The van der Waals surface area contributed by atoms with E-state index in [0.717, 1.165) is 27.7 Å². The smallest absolute Gasteiger partial charge is 0.328 e. The molecule has 3 heterocycles. The number of hydrogen-bond acceptors (Lipinski definition) is 2. The second kappa shape index (κ2) is 6.61. The van der Waals surface area contributed by atoms with E-state index >= 15 is 0 Å². The molecule has 1 N–H and O–H groups in total. The van der Waals surface area contributed by atoms with Crippen molar-refractivity contribution in [3.05, 3.63) is 70.4 Å². The van der Waals surface area contributed by atoms with Crippen molar-refractivity contribution in [3.63, 3.8) is 0 Å². The van der Waals surface area contributed by atoms with Crippen LogP contribution in [-0.2, 0) is 11.2 Å². The molecular formula is C22H19BrClN3O2. The number of hydrogen-bond donors (Lipinski definition) is 1. The molecule has 2 aliphatic heterocycles. The molecule has 3 aromatic rings. The highest BCUT2D eigenvalue weighted by atomic mass is 79.9. The first kappa shape index (κ1) is 18.7. The third-order valence-electron chi connectivity index (χ3n) is 6.05. The molecule has 2 aliphatic rings. The number of nitrogens with one attached hydrogen (secondary N) is 1. The number of imide groups is 1. The molecular weight excluding hydrogens is 454 g/mol. The van der Waals surface area contributed by atoms with Crippen LogP contribution in [0.1, 0.15) is 29.8 Å². The summed E-state index contributed by atoms with van der Waals surface area (Å²) < 4.78 is 0. The number of H-pyrrole nitrogens is 1. The topological polar surface area (TPSA) is 56.4 Å². The van der Waals surface area contributed by atoms with Crippen LogP contribution in [0.3, 0.4) is 0 Å². The number of nitrogens with zero attached hydrogens (tertiary/aromatic N) is 2. The number of rotatable bonds is 3. The number of amides is 3. The van der Waals surface area contributed by atoms with E-state index in [0.29, 0.717) is 23.3 Å². The minimum atomic E-state index is -0.940. The van der Waals surface area contributed by atoms with Gasteiger partial charge < -0.3 is 4.98 Å². The first-order chi connectivity index (χ1) is 14.0. The van der Waals surface area contributed by atoms with Crippen LogP contribution in [0, 0.1) is 0 Å². The molecule has 0 saturated carbocycles. The van der Waals surface area contributed by atoms with Crippen LogP contribution in [-0.4, -0.2) is 44.1 Å². The van der Waals surface area contributed by atoms with Crippen molar-refractivity contribution in [1.82, 2.24) is 14.8 Å². The summed E-state index contributed by atoms with van der Waals surface area (Å²) in [6.45, 7) is 2.23. The Morgan fingerprint density at radius 2 is 1.97 bits per heavy atom. The van der Waals surface area contributed by atoms with E-state index in [1.165, 1.54) is 4.90 Å². The van der Waals surface area contributed by atoms with E-state index in [1.807, 2.05) is 55.5 Å². The van der Waals surface area contributed by atoms with Gasteiger partial charge in [-0.2, -0.15) is 0 Å². The van der Waals surface area contributed by atoms with Gasteiger partial charge in [-0.05, 0) is 36.2 Å². The molecule has 5 rings (SSSR count). The van der Waals surface area contributed by atoms with E-state index < -0.39 is 5.54 Å². The van der Waals surface area contributed by atoms with Crippen molar-refractivity contribution in [2.45, 2.75) is 24.9 Å². The van der Waals surface area contributed by atoms with Gasteiger partial charge in [0.2, 0.25) is 0 Å². The third-order valence-corrected chi connectivity index (χ3v) is 6.64. The first-order valence-electron chi connectivity index (χ1n) is 9.52. The Morgan fingerprint density at radius 1 is 1.21 bits per heavy atom. The fourth-order valence-electron chi connectivity index (χ4n) is 4.75. The van der Waals surface area contributed by atoms with Crippen molar-refractivity contribution in [2.24, 2.45) is 0 Å². The van der Waals surface area contributed by atoms with Gasteiger partial charge in [0.1, 0.15) is 11.6 Å². The van der Waals surface area contributed by atoms with Gasteiger partial charge in [-0.3, -0.25) is 14.6 Å². The largest absolute Gasteiger partial charge is 0.356 e. The molecule has 0 unspecified atom stereocenters. The van der Waals surface area contributed by atoms with Crippen LogP contribution in [0.5, 0.6) is 0 Å². The van der Waals surface area contributed by atoms with Gasteiger partial charge in [0, 0.05) is 39.9 Å². The van der Waals surface area contributed by atoms with Crippen molar-refractivity contribution < 1.29 is 9.59 Å². The summed E-state index contributed by atoms with van der Waals surface area (Å²) in [5.41, 5.74) is 3.00. The maximum Gasteiger partial charge on any atom is 0.328 e. The molecule has 2 atom stereocenters. The molecule has 0 spiro atoms. The number of alkyl halides is 1. The zero-order valence-corrected chi connectivity index (χ0v) is 18.1. The average Bonchev–Trinajstić information content (AvgIpc) is 3.15. The van der Waals surface area contributed by atoms with Crippen LogP contribution in [0.2, 0.25) is 5.02 Å². The predicted octanol–water partition coefficient (Wildman–Crippen LogP) is 4.88. The Labute approximate surface area is 181 Å². The molecule has 0 radical (unpaired) electrons. The van der Waals surface area contributed by atoms with Crippen LogP contribution in [0.4, 0.5) is 4.79 Å². The second-order valence-electron chi connectivity index (χ2n) is 7.77. The normalized spacial score (nSPS) is 23.6. The van der Waals surface area contributed by atoms with Gasteiger partial charge in [-0.25, -0.2) is 4.79 Å². The maximum atomic E-state index is 13.4. The summed E-state index contributed by atoms with van der Waals surface area (Å²) in [6, 6.07) is 15.0. The highest BCUT2D eigenvalue weighted by Gasteiger charge is 2.59. The lowest BCUT2D eigenvalue weighted by Crippen LogP contribution is -2.53. The number of halogens is 2. The lowest BCUT2D eigenvalue weighted by Gasteiger charge is -2.42. The number of carbonyl (C=O) groups excluding carboxylic acids is 2. The molecule has 2 aromatic carbocycles. The minimum Gasteiger partial charge on any atom is -0.356 e. The summed E-state index contributed by atoms with van der Waals surface area (Å²) in [6.07, 6.45) is 0.454. The van der Waals surface area contributed by atoms with Crippen molar-refractivity contribution in [1.29, 1.82) is 0 Å². The van der Waals surface area contributed by atoms with Crippen LogP contribution in [0.25, 0.3) is 10.9 Å². The standard InChI is InChI=1S/C22H19BrClN3O2/c1-22-12-16-15-11-14(24)7-8-17(15)25-18(16)19(13-5-3-2-4-6-13)27(22)21(29)26(10-9-23)20(22)28/h2-8,11,19,25H,9-10,12H2,1H3/t19-,22+/m1/s1. The number of urea groups is 1. The number of aromatic nitrogens is 1. The minimum absolute atomic E-state index is 0.148. The molecule has 1 saturated heterocycles. The van der Waals surface area contributed by atoms with Crippen molar-refractivity contribution in [3.8, 4) is 0 Å². The third kappa shape index (κ3) is 2.58. The number of fused-ring (bicyclic) bond motifs is 4. The van der Waals surface area contributed by atoms with Crippen molar-refractivity contribution >= 4 is 50.4 Å². The summed E-state index contributed by atoms with van der Waals surface area (Å²) in [4.78, 5) is 33.4. The zero-order valence-electron chi connectivity index (χ0n) is 15.8. The Balaban J connectivity index is 1.78. The van der Waals surface area contributed by atoms with E-state index in [4.69, 9.17) is 11.6 Å². The van der Waals surface area contributed by atoms with E-state index in [2.05, 4.69) is 20.9 Å².